The van der Waals surface area contributed by atoms with Crippen LogP contribution in [-0.2, 0) is 29.0 Å². The number of nitrogens with one attached hydrogen (secondary N) is 1. The van der Waals surface area contributed by atoms with Gasteiger partial charge in [-0.2, -0.15) is 0 Å². The highest BCUT2D eigenvalue weighted by Crippen LogP contribution is 2.21. The maximum Gasteiger partial charge on any atom is 0.243 e. The highest BCUT2D eigenvalue weighted by molar-refractivity contribution is 9.10. The van der Waals surface area contributed by atoms with Crippen molar-refractivity contribution < 1.29 is 9.59 Å². The van der Waals surface area contributed by atoms with Crippen LogP contribution in [-0.4, -0.2) is 29.3 Å². The summed E-state index contributed by atoms with van der Waals surface area (Å²) in [4.78, 5) is 28.6. The monoisotopic (exact) mass is 526 g/mol. The average molecular weight is 528 g/mol. The molecule has 1 atom stereocenters. The van der Waals surface area contributed by atoms with Gasteiger partial charge in [-0.25, -0.2) is 0 Å². The second-order valence-corrected chi connectivity index (χ2v) is 9.24. The largest absolute Gasteiger partial charge is 0.354 e. The van der Waals surface area contributed by atoms with Gasteiger partial charge in [-0.15, -0.1) is 0 Å². The first kappa shape index (κ1) is 25.0. The summed E-state index contributed by atoms with van der Waals surface area (Å²) in [6, 6.07) is 24.3. The van der Waals surface area contributed by atoms with Gasteiger partial charge in [-0.3, -0.25) is 9.59 Å². The minimum absolute atomic E-state index is 0.125. The van der Waals surface area contributed by atoms with E-state index in [-0.39, 0.29) is 18.2 Å². The van der Waals surface area contributed by atoms with Gasteiger partial charge in [-0.05, 0) is 41.3 Å². The molecule has 0 heterocycles. The van der Waals surface area contributed by atoms with Crippen LogP contribution in [0.5, 0.6) is 0 Å². The molecule has 0 aliphatic rings. The van der Waals surface area contributed by atoms with Gasteiger partial charge in [-0.1, -0.05) is 95.1 Å². The van der Waals surface area contributed by atoms with Gasteiger partial charge < -0.3 is 10.2 Å². The lowest BCUT2D eigenvalue weighted by atomic mass is 10.0. The fourth-order valence-corrected chi connectivity index (χ4v) is 4.31. The number of nitrogens with zero attached hydrogens (tertiary/aromatic N) is 1. The maximum absolute atomic E-state index is 13.6. The van der Waals surface area contributed by atoms with E-state index in [0.29, 0.717) is 24.5 Å². The van der Waals surface area contributed by atoms with Gasteiger partial charge >= 0.3 is 0 Å². The van der Waals surface area contributed by atoms with E-state index in [1.54, 1.807) is 11.0 Å². The van der Waals surface area contributed by atoms with E-state index in [4.69, 9.17) is 11.6 Å². The molecule has 3 rings (SSSR count). The van der Waals surface area contributed by atoms with Gasteiger partial charge in [0.05, 0.1) is 6.42 Å². The van der Waals surface area contributed by atoms with E-state index in [1.165, 1.54) is 0 Å². The summed E-state index contributed by atoms with van der Waals surface area (Å²) in [7, 11) is 0. The molecule has 3 aromatic carbocycles. The molecule has 0 aliphatic heterocycles. The van der Waals surface area contributed by atoms with Crippen LogP contribution in [0.4, 0.5) is 0 Å². The normalized spacial score (nSPS) is 11.6. The van der Waals surface area contributed by atoms with Crippen LogP contribution in [0, 0.1) is 0 Å². The molecule has 0 aromatic heterocycles. The van der Waals surface area contributed by atoms with E-state index in [1.807, 2.05) is 79.7 Å². The van der Waals surface area contributed by atoms with Crippen LogP contribution in [0.15, 0.2) is 83.3 Å². The third-order valence-corrected chi connectivity index (χ3v) is 6.22. The number of carbonyl (C=O) groups excluding carboxylic acids is 2. The second kappa shape index (κ2) is 12.6. The SMILES string of the molecule is CCCNC(=O)[C@H](Cc1ccccc1)N(Cc1cccc(Br)c1)C(=O)Cc1ccccc1Cl. The summed E-state index contributed by atoms with van der Waals surface area (Å²) in [5.41, 5.74) is 2.69. The smallest absolute Gasteiger partial charge is 0.243 e. The quantitative estimate of drug-likeness (QED) is 0.362. The Labute approximate surface area is 209 Å². The molecular formula is C27H28BrClN2O2. The molecule has 0 unspecified atom stereocenters. The van der Waals surface area contributed by atoms with Crippen molar-refractivity contribution in [3.63, 3.8) is 0 Å². The van der Waals surface area contributed by atoms with E-state index in [2.05, 4.69) is 21.2 Å². The number of hydrogen-bond donors (Lipinski definition) is 1. The summed E-state index contributed by atoms with van der Waals surface area (Å²) >= 11 is 9.84. The summed E-state index contributed by atoms with van der Waals surface area (Å²) in [5, 5.41) is 3.54. The molecule has 0 spiro atoms. The Kier molecular flexibility index (Phi) is 9.52. The number of halogens is 2. The molecule has 2 amide bonds. The van der Waals surface area contributed by atoms with Crippen molar-refractivity contribution in [3.8, 4) is 0 Å². The Balaban J connectivity index is 1.96. The minimum atomic E-state index is -0.645. The molecule has 0 aliphatic carbocycles. The van der Waals surface area contributed by atoms with Crippen LogP contribution in [0.2, 0.25) is 5.02 Å². The van der Waals surface area contributed by atoms with Crippen molar-refractivity contribution in [2.45, 2.75) is 38.8 Å². The summed E-state index contributed by atoms with van der Waals surface area (Å²) in [6.07, 6.45) is 1.38. The van der Waals surface area contributed by atoms with Crippen molar-refractivity contribution in [1.29, 1.82) is 0 Å². The second-order valence-electron chi connectivity index (χ2n) is 7.92. The highest BCUT2D eigenvalue weighted by Gasteiger charge is 2.30. The fraction of sp³-hybridized carbons (Fsp3) is 0.259. The Hall–Kier alpha value is -2.63. The van der Waals surface area contributed by atoms with Crippen molar-refractivity contribution >= 4 is 39.3 Å². The molecule has 4 nitrogen and oxygen atoms in total. The zero-order chi connectivity index (χ0) is 23.6. The predicted octanol–water partition coefficient (Wildman–Crippen LogP) is 5.81. The van der Waals surface area contributed by atoms with Crippen LogP contribution in [0.3, 0.4) is 0 Å². The Morgan fingerprint density at radius 1 is 0.970 bits per heavy atom. The molecule has 0 saturated carbocycles. The van der Waals surface area contributed by atoms with Gasteiger partial charge in [0.25, 0.3) is 0 Å². The summed E-state index contributed by atoms with van der Waals surface area (Å²) in [5.74, 6) is -0.293. The lowest BCUT2D eigenvalue weighted by molar-refractivity contribution is -0.140. The van der Waals surface area contributed by atoms with E-state index >= 15 is 0 Å². The minimum Gasteiger partial charge on any atom is -0.354 e. The van der Waals surface area contributed by atoms with Crippen LogP contribution in [0.1, 0.15) is 30.0 Å². The first-order valence-corrected chi connectivity index (χ1v) is 12.2. The molecule has 0 saturated heterocycles. The van der Waals surface area contributed by atoms with E-state index in [9.17, 15) is 9.59 Å². The molecule has 1 N–H and O–H groups in total. The Bertz CT molecular complexity index is 1070. The number of amides is 2. The Morgan fingerprint density at radius 3 is 2.36 bits per heavy atom. The van der Waals surface area contributed by atoms with E-state index in [0.717, 1.165) is 27.6 Å². The number of rotatable bonds is 10. The van der Waals surface area contributed by atoms with Gasteiger partial charge in [0.15, 0.2) is 0 Å². The molecule has 6 heteroatoms. The van der Waals surface area contributed by atoms with Gasteiger partial charge in [0, 0.05) is 29.0 Å². The van der Waals surface area contributed by atoms with E-state index < -0.39 is 6.04 Å². The topological polar surface area (TPSA) is 49.4 Å². The lowest BCUT2D eigenvalue weighted by Crippen LogP contribution is -2.51. The molecule has 33 heavy (non-hydrogen) atoms. The highest BCUT2D eigenvalue weighted by atomic mass is 79.9. The van der Waals surface area contributed by atoms with Gasteiger partial charge in [0.1, 0.15) is 6.04 Å². The molecule has 3 aromatic rings. The predicted molar refractivity (Wildman–Crippen MR) is 137 cm³/mol. The lowest BCUT2D eigenvalue weighted by Gasteiger charge is -2.32. The third kappa shape index (κ3) is 7.44. The molecule has 0 fully saturated rings. The number of benzene rings is 3. The van der Waals surface area contributed by atoms with Gasteiger partial charge in [0.2, 0.25) is 11.8 Å². The Morgan fingerprint density at radius 2 is 1.67 bits per heavy atom. The van der Waals surface area contributed by atoms with Crippen molar-refractivity contribution in [2.75, 3.05) is 6.54 Å². The first-order valence-electron chi connectivity index (χ1n) is 11.1. The summed E-state index contributed by atoms with van der Waals surface area (Å²) < 4.78 is 0.925. The third-order valence-electron chi connectivity index (χ3n) is 5.36. The summed E-state index contributed by atoms with van der Waals surface area (Å²) in [6.45, 7) is 2.89. The molecule has 0 radical (unpaired) electrons. The number of carbonyl (C=O) groups is 2. The number of hydrogen-bond acceptors (Lipinski definition) is 2. The maximum atomic E-state index is 13.6. The van der Waals surface area contributed by atoms with Crippen LogP contribution >= 0.6 is 27.5 Å². The van der Waals surface area contributed by atoms with Crippen molar-refractivity contribution in [1.82, 2.24) is 10.2 Å². The standard InChI is InChI=1S/C27H28BrClN2O2/c1-2-15-30-27(33)25(17-20-9-4-3-5-10-20)31(19-21-11-8-13-23(28)16-21)26(32)18-22-12-6-7-14-24(22)29/h3-14,16,25H,2,15,17-19H2,1H3,(H,30,33)/t25-/m0/s1. The fourth-order valence-electron chi connectivity index (χ4n) is 3.66. The first-order chi connectivity index (χ1) is 16.0. The van der Waals surface area contributed by atoms with Crippen molar-refractivity contribution in [3.05, 3.63) is 105 Å². The molecular weight excluding hydrogens is 500 g/mol. The van der Waals surface area contributed by atoms with Crippen LogP contribution in [0.25, 0.3) is 0 Å². The zero-order valence-electron chi connectivity index (χ0n) is 18.6. The zero-order valence-corrected chi connectivity index (χ0v) is 21.0. The molecule has 0 bridgehead atoms. The van der Waals surface area contributed by atoms with Crippen molar-refractivity contribution in [2.24, 2.45) is 0 Å². The average Bonchev–Trinajstić information content (AvgIpc) is 2.82. The molecule has 172 valence electrons. The van der Waals surface area contributed by atoms with Crippen LogP contribution < -0.4 is 5.32 Å².